The van der Waals surface area contributed by atoms with E-state index in [4.69, 9.17) is 4.74 Å². The van der Waals surface area contributed by atoms with E-state index in [0.29, 0.717) is 31.9 Å². The molecule has 2 aromatic carbocycles. The van der Waals surface area contributed by atoms with Crippen molar-refractivity contribution in [1.82, 2.24) is 10.6 Å². The molecule has 2 unspecified atom stereocenters. The molecule has 2 aromatic rings. The van der Waals surface area contributed by atoms with Crippen molar-refractivity contribution in [2.24, 2.45) is 0 Å². The molecular formula is C23H29FN2O3. The Kier molecular flexibility index (Phi) is 8.02. The first-order chi connectivity index (χ1) is 14.1. The van der Waals surface area contributed by atoms with Crippen LogP contribution in [-0.2, 0) is 17.8 Å². The summed E-state index contributed by atoms with van der Waals surface area (Å²) >= 11 is 0. The summed E-state index contributed by atoms with van der Waals surface area (Å²) in [5.41, 5.74) is 2.31. The van der Waals surface area contributed by atoms with Crippen LogP contribution in [0.1, 0.15) is 36.8 Å². The number of carbonyl (C=O) groups is 1. The molecule has 1 fully saturated rings. The Bertz CT molecular complexity index is 765. The fourth-order valence-electron chi connectivity index (χ4n) is 3.41. The normalized spacial score (nSPS) is 18.6. The third-order valence-electron chi connectivity index (χ3n) is 5.15. The number of ether oxygens (including phenoxy) is 1. The number of benzene rings is 2. The molecule has 1 saturated heterocycles. The average molecular weight is 400 g/mol. The molecule has 0 spiro atoms. The van der Waals surface area contributed by atoms with Crippen LogP contribution in [0.15, 0.2) is 48.5 Å². The number of halogens is 1. The first-order valence-electron chi connectivity index (χ1n) is 10.3. The number of rotatable bonds is 10. The first-order valence-corrected chi connectivity index (χ1v) is 10.3. The van der Waals surface area contributed by atoms with Crippen molar-refractivity contribution in [2.45, 2.75) is 50.8 Å². The highest BCUT2D eigenvalue weighted by atomic mass is 19.1. The van der Waals surface area contributed by atoms with Gasteiger partial charge in [0, 0.05) is 6.54 Å². The minimum absolute atomic E-state index is 0.151. The Labute approximate surface area is 171 Å². The molecule has 1 amide bonds. The van der Waals surface area contributed by atoms with Crippen molar-refractivity contribution in [3.8, 4) is 5.75 Å². The zero-order valence-electron chi connectivity index (χ0n) is 16.6. The van der Waals surface area contributed by atoms with Gasteiger partial charge in [-0.05, 0) is 74.0 Å². The Morgan fingerprint density at radius 3 is 2.48 bits per heavy atom. The van der Waals surface area contributed by atoms with Gasteiger partial charge in [-0.25, -0.2) is 4.39 Å². The summed E-state index contributed by atoms with van der Waals surface area (Å²) in [6, 6.07) is 13.9. The van der Waals surface area contributed by atoms with E-state index in [1.165, 1.54) is 17.7 Å². The molecule has 1 aliphatic heterocycles. The molecule has 0 saturated carbocycles. The van der Waals surface area contributed by atoms with Crippen molar-refractivity contribution >= 4 is 5.91 Å². The van der Waals surface area contributed by atoms with Crippen LogP contribution >= 0.6 is 0 Å². The number of unbranched alkanes of at least 4 members (excludes halogenated alkanes) is 2. The van der Waals surface area contributed by atoms with Crippen LogP contribution in [0.2, 0.25) is 0 Å². The van der Waals surface area contributed by atoms with Gasteiger partial charge >= 0.3 is 0 Å². The van der Waals surface area contributed by atoms with Crippen molar-refractivity contribution in [1.29, 1.82) is 0 Å². The van der Waals surface area contributed by atoms with Crippen LogP contribution in [0.5, 0.6) is 5.75 Å². The van der Waals surface area contributed by atoms with Gasteiger partial charge in [-0.3, -0.25) is 4.79 Å². The van der Waals surface area contributed by atoms with Crippen LogP contribution in [-0.4, -0.2) is 36.3 Å². The van der Waals surface area contributed by atoms with Crippen LogP contribution in [0.25, 0.3) is 0 Å². The zero-order valence-corrected chi connectivity index (χ0v) is 16.6. The van der Waals surface area contributed by atoms with Gasteiger partial charge < -0.3 is 20.5 Å². The fourth-order valence-corrected chi connectivity index (χ4v) is 3.41. The van der Waals surface area contributed by atoms with E-state index in [0.717, 1.165) is 31.2 Å². The van der Waals surface area contributed by atoms with Gasteiger partial charge in [-0.1, -0.05) is 24.3 Å². The molecule has 5 nitrogen and oxygen atoms in total. The smallest absolute Gasteiger partial charge is 0.240 e. The number of aliphatic hydroxyl groups is 1. The molecule has 3 rings (SSSR count). The second-order valence-electron chi connectivity index (χ2n) is 7.44. The minimum atomic E-state index is -0.599. The molecule has 6 heteroatoms. The zero-order chi connectivity index (χ0) is 20.5. The van der Waals surface area contributed by atoms with E-state index < -0.39 is 12.1 Å². The SMILES string of the molecule is O=C(NCc1ccc(CCCCCOc2ccc(F)cc2)cc1)C1NCCC1O. The highest BCUT2D eigenvalue weighted by Crippen LogP contribution is 2.13. The first kappa shape index (κ1) is 21.3. The summed E-state index contributed by atoms with van der Waals surface area (Å²) < 4.78 is 18.4. The molecule has 0 aromatic heterocycles. The third kappa shape index (κ3) is 6.84. The lowest BCUT2D eigenvalue weighted by Crippen LogP contribution is -2.45. The van der Waals surface area contributed by atoms with Gasteiger partial charge in [-0.15, -0.1) is 0 Å². The summed E-state index contributed by atoms with van der Waals surface area (Å²) in [5, 5.41) is 15.6. The van der Waals surface area contributed by atoms with E-state index in [-0.39, 0.29) is 11.7 Å². The summed E-state index contributed by atoms with van der Waals surface area (Å²) in [7, 11) is 0. The van der Waals surface area contributed by atoms with Gasteiger partial charge in [0.25, 0.3) is 0 Å². The topological polar surface area (TPSA) is 70.6 Å². The maximum atomic E-state index is 12.8. The number of hydrogen-bond acceptors (Lipinski definition) is 4. The Balaban J connectivity index is 1.29. The van der Waals surface area contributed by atoms with Crippen molar-refractivity contribution in [2.75, 3.05) is 13.2 Å². The second kappa shape index (κ2) is 10.9. The maximum Gasteiger partial charge on any atom is 0.240 e. The molecule has 0 aliphatic carbocycles. The van der Waals surface area contributed by atoms with Crippen LogP contribution in [0, 0.1) is 5.82 Å². The van der Waals surface area contributed by atoms with Gasteiger partial charge in [-0.2, -0.15) is 0 Å². The van der Waals surface area contributed by atoms with E-state index >= 15 is 0 Å². The lowest BCUT2D eigenvalue weighted by atomic mass is 10.1. The number of aliphatic hydroxyl groups excluding tert-OH is 1. The number of nitrogens with one attached hydrogen (secondary N) is 2. The molecular weight excluding hydrogens is 371 g/mol. The predicted octanol–water partition coefficient (Wildman–Crippen LogP) is 2.96. The van der Waals surface area contributed by atoms with Gasteiger partial charge in [0.15, 0.2) is 0 Å². The fraction of sp³-hybridized carbons (Fsp3) is 0.435. The number of amides is 1. The lowest BCUT2D eigenvalue weighted by molar-refractivity contribution is -0.124. The quantitative estimate of drug-likeness (QED) is 0.537. The van der Waals surface area contributed by atoms with Gasteiger partial charge in [0.1, 0.15) is 17.6 Å². The average Bonchev–Trinajstić information content (AvgIpc) is 3.17. The van der Waals surface area contributed by atoms with E-state index in [9.17, 15) is 14.3 Å². The largest absolute Gasteiger partial charge is 0.494 e. The summed E-state index contributed by atoms with van der Waals surface area (Å²) in [6.45, 7) is 1.77. The maximum absolute atomic E-state index is 12.8. The molecule has 0 bridgehead atoms. The van der Waals surface area contributed by atoms with Gasteiger partial charge in [0.05, 0.1) is 12.7 Å². The van der Waals surface area contributed by atoms with E-state index in [1.54, 1.807) is 12.1 Å². The van der Waals surface area contributed by atoms with Crippen molar-refractivity contribution < 1.29 is 19.0 Å². The predicted molar refractivity (Wildman–Crippen MR) is 110 cm³/mol. The monoisotopic (exact) mass is 400 g/mol. The Morgan fingerprint density at radius 2 is 1.79 bits per heavy atom. The minimum Gasteiger partial charge on any atom is -0.494 e. The van der Waals surface area contributed by atoms with E-state index in [2.05, 4.69) is 22.8 Å². The molecule has 29 heavy (non-hydrogen) atoms. The van der Waals surface area contributed by atoms with Crippen LogP contribution < -0.4 is 15.4 Å². The van der Waals surface area contributed by atoms with Crippen molar-refractivity contribution in [3.05, 3.63) is 65.5 Å². The lowest BCUT2D eigenvalue weighted by Gasteiger charge is -2.14. The van der Waals surface area contributed by atoms with E-state index in [1.807, 2.05) is 12.1 Å². The second-order valence-corrected chi connectivity index (χ2v) is 7.44. The van der Waals surface area contributed by atoms with Crippen molar-refractivity contribution in [3.63, 3.8) is 0 Å². The molecule has 3 N–H and O–H groups in total. The summed E-state index contributed by atoms with van der Waals surface area (Å²) in [4.78, 5) is 12.1. The number of aryl methyl sites for hydroxylation is 1. The van der Waals surface area contributed by atoms with Gasteiger partial charge in [0.2, 0.25) is 5.91 Å². The standard InChI is InChI=1S/C23H29FN2O3/c24-19-9-11-20(12-10-19)29-15-3-1-2-4-17-5-7-18(8-6-17)16-26-23(28)22-21(27)13-14-25-22/h5-12,21-22,25,27H,1-4,13-16H2,(H,26,28). The molecule has 156 valence electrons. The molecule has 1 aliphatic rings. The third-order valence-corrected chi connectivity index (χ3v) is 5.15. The molecule has 2 atom stereocenters. The van der Waals surface area contributed by atoms with Crippen LogP contribution in [0.3, 0.4) is 0 Å². The Hall–Kier alpha value is -2.44. The number of carbonyl (C=O) groups excluding carboxylic acids is 1. The molecule has 0 radical (unpaired) electrons. The van der Waals surface area contributed by atoms with Crippen LogP contribution in [0.4, 0.5) is 4.39 Å². The summed E-state index contributed by atoms with van der Waals surface area (Å²) in [5.74, 6) is 0.296. The number of hydrogen-bond donors (Lipinski definition) is 3. The molecule has 1 heterocycles. The highest BCUT2D eigenvalue weighted by Gasteiger charge is 2.30. The Morgan fingerprint density at radius 1 is 1.07 bits per heavy atom. The summed E-state index contributed by atoms with van der Waals surface area (Å²) in [6.07, 6.45) is 4.12. The highest BCUT2D eigenvalue weighted by molar-refractivity contribution is 5.82.